The molecule has 0 saturated heterocycles. The van der Waals surface area contributed by atoms with Crippen LogP contribution in [0, 0.1) is 17.1 Å². The number of carbonyl (C=O) groups excluding carboxylic acids is 1. The van der Waals surface area contributed by atoms with Crippen molar-refractivity contribution in [2.75, 3.05) is 26.1 Å². The summed E-state index contributed by atoms with van der Waals surface area (Å²) in [4.78, 5) is 12.1. The molecule has 2 aromatic rings. The summed E-state index contributed by atoms with van der Waals surface area (Å²) in [5.74, 6) is 0.315. The lowest BCUT2D eigenvalue weighted by atomic mass is 10.1. The minimum atomic E-state index is -0.512. The Labute approximate surface area is 157 Å². The van der Waals surface area contributed by atoms with Gasteiger partial charge in [-0.3, -0.25) is 4.79 Å². The van der Waals surface area contributed by atoms with Crippen molar-refractivity contribution in [1.29, 1.82) is 5.26 Å². The highest BCUT2D eigenvalue weighted by molar-refractivity contribution is 5.97. The van der Waals surface area contributed by atoms with Gasteiger partial charge in [0.1, 0.15) is 17.5 Å². The summed E-state index contributed by atoms with van der Waals surface area (Å²) >= 11 is 0. The van der Waals surface area contributed by atoms with E-state index in [0.717, 1.165) is 5.56 Å². The molecule has 0 aromatic heterocycles. The van der Waals surface area contributed by atoms with E-state index in [1.165, 1.54) is 24.4 Å². The zero-order valence-electron chi connectivity index (χ0n) is 15.1. The van der Waals surface area contributed by atoms with Crippen molar-refractivity contribution in [2.45, 2.75) is 6.42 Å². The lowest BCUT2D eigenvalue weighted by Crippen LogP contribution is -2.27. The van der Waals surface area contributed by atoms with E-state index in [0.29, 0.717) is 30.2 Å². The third-order valence-corrected chi connectivity index (χ3v) is 3.72. The molecular formula is C20H20FN3O3. The van der Waals surface area contributed by atoms with Crippen molar-refractivity contribution in [3.63, 3.8) is 0 Å². The van der Waals surface area contributed by atoms with Crippen LogP contribution in [0.15, 0.2) is 54.2 Å². The number of hydrogen-bond acceptors (Lipinski definition) is 5. The van der Waals surface area contributed by atoms with Crippen LogP contribution in [-0.4, -0.2) is 26.7 Å². The van der Waals surface area contributed by atoms with Gasteiger partial charge in [-0.05, 0) is 42.3 Å². The lowest BCUT2D eigenvalue weighted by molar-refractivity contribution is -0.117. The Morgan fingerprint density at radius 1 is 1.19 bits per heavy atom. The molecule has 0 aliphatic heterocycles. The summed E-state index contributed by atoms with van der Waals surface area (Å²) < 4.78 is 23.6. The number of anilines is 1. The highest BCUT2D eigenvalue weighted by Gasteiger charge is 2.09. The van der Waals surface area contributed by atoms with E-state index < -0.39 is 11.7 Å². The lowest BCUT2D eigenvalue weighted by Gasteiger charge is -2.10. The van der Waals surface area contributed by atoms with E-state index in [2.05, 4.69) is 10.6 Å². The number of nitrogens with zero attached hydrogens (tertiary/aromatic N) is 1. The molecule has 0 spiro atoms. The number of carbonyl (C=O) groups is 1. The van der Waals surface area contributed by atoms with Gasteiger partial charge in [0.15, 0.2) is 11.5 Å². The number of benzene rings is 2. The van der Waals surface area contributed by atoms with Gasteiger partial charge in [0.25, 0.3) is 5.91 Å². The van der Waals surface area contributed by atoms with Crippen molar-refractivity contribution >= 4 is 11.6 Å². The third-order valence-electron chi connectivity index (χ3n) is 3.72. The van der Waals surface area contributed by atoms with Crippen molar-refractivity contribution < 1.29 is 18.7 Å². The predicted molar refractivity (Wildman–Crippen MR) is 100.0 cm³/mol. The zero-order valence-corrected chi connectivity index (χ0v) is 15.1. The second-order valence-electron chi connectivity index (χ2n) is 5.52. The fourth-order valence-electron chi connectivity index (χ4n) is 2.33. The molecule has 2 rings (SSSR count). The molecule has 0 aliphatic carbocycles. The monoisotopic (exact) mass is 369 g/mol. The van der Waals surface area contributed by atoms with Crippen LogP contribution in [0.4, 0.5) is 10.1 Å². The van der Waals surface area contributed by atoms with Crippen LogP contribution in [0.2, 0.25) is 0 Å². The molecule has 0 aliphatic rings. The summed E-state index contributed by atoms with van der Waals surface area (Å²) in [6.45, 7) is 0.341. The molecular weight excluding hydrogens is 349 g/mol. The highest BCUT2D eigenvalue weighted by Crippen LogP contribution is 2.27. The van der Waals surface area contributed by atoms with Crippen LogP contribution in [0.25, 0.3) is 0 Å². The molecule has 0 atom stereocenters. The van der Waals surface area contributed by atoms with Crippen LogP contribution < -0.4 is 20.1 Å². The fraction of sp³-hybridized carbons (Fsp3) is 0.200. The first-order valence-corrected chi connectivity index (χ1v) is 8.19. The van der Waals surface area contributed by atoms with Crippen LogP contribution in [0.3, 0.4) is 0 Å². The molecule has 6 nitrogen and oxygen atoms in total. The minimum Gasteiger partial charge on any atom is -0.493 e. The molecule has 2 N–H and O–H groups in total. The second kappa shape index (κ2) is 9.82. The molecule has 7 heteroatoms. The summed E-state index contributed by atoms with van der Waals surface area (Å²) in [6, 6.07) is 13.1. The minimum absolute atomic E-state index is 0.105. The van der Waals surface area contributed by atoms with E-state index in [1.807, 2.05) is 18.2 Å². The Morgan fingerprint density at radius 3 is 2.63 bits per heavy atom. The Hall–Kier alpha value is -3.53. The number of rotatable bonds is 8. The largest absolute Gasteiger partial charge is 0.493 e. The Balaban J connectivity index is 1.91. The van der Waals surface area contributed by atoms with Gasteiger partial charge >= 0.3 is 0 Å². The van der Waals surface area contributed by atoms with E-state index in [9.17, 15) is 9.18 Å². The van der Waals surface area contributed by atoms with Gasteiger partial charge in [0.05, 0.1) is 14.2 Å². The van der Waals surface area contributed by atoms with Crippen molar-refractivity contribution in [1.82, 2.24) is 5.32 Å². The molecule has 0 heterocycles. The first-order valence-electron chi connectivity index (χ1n) is 8.19. The Kier molecular flexibility index (Phi) is 7.20. The van der Waals surface area contributed by atoms with Crippen LogP contribution in [-0.2, 0) is 11.2 Å². The molecule has 0 fully saturated rings. The maximum absolute atomic E-state index is 13.1. The van der Waals surface area contributed by atoms with Gasteiger partial charge in [-0.15, -0.1) is 0 Å². The van der Waals surface area contributed by atoms with Gasteiger partial charge < -0.3 is 20.1 Å². The summed E-state index contributed by atoms with van der Waals surface area (Å²) in [5.41, 5.74) is 1.29. The van der Waals surface area contributed by atoms with Crippen molar-refractivity contribution in [2.24, 2.45) is 0 Å². The number of nitriles is 1. The van der Waals surface area contributed by atoms with Gasteiger partial charge in [-0.25, -0.2) is 4.39 Å². The quantitative estimate of drug-likeness (QED) is 0.552. The molecule has 140 valence electrons. The van der Waals surface area contributed by atoms with E-state index in [4.69, 9.17) is 14.7 Å². The average Bonchev–Trinajstić information content (AvgIpc) is 2.68. The maximum Gasteiger partial charge on any atom is 0.263 e. The summed E-state index contributed by atoms with van der Waals surface area (Å²) in [5, 5.41) is 14.6. The highest BCUT2D eigenvalue weighted by atomic mass is 19.1. The van der Waals surface area contributed by atoms with Gasteiger partial charge in [-0.1, -0.05) is 12.1 Å². The van der Waals surface area contributed by atoms with E-state index in [1.54, 1.807) is 26.4 Å². The van der Waals surface area contributed by atoms with Crippen molar-refractivity contribution in [3.8, 4) is 17.6 Å². The number of halogens is 1. The smallest absolute Gasteiger partial charge is 0.263 e. The van der Waals surface area contributed by atoms with E-state index >= 15 is 0 Å². The van der Waals surface area contributed by atoms with Crippen LogP contribution in [0.5, 0.6) is 11.5 Å². The predicted octanol–water partition coefficient (Wildman–Crippen LogP) is 3.02. The number of hydrogen-bond donors (Lipinski definition) is 2. The van der Waals surface area contributed by atoms with Crippen LogP contribution in [0.1, 0.15) is 5.56 Å². The topological polar surface area (TPSA) is 83.4 Å². The maximum atomic E-state index is 13.1. The normalized spacial score (nSPS) is 10.7. The summed E-state index contributed by atoms with van der Waals surface area (Å²) in [7, 11) is 3.12. The number of nitrogens with one attached hydrogen (secondary N) is 2. The average molecular weight is 369 g/mol. The standard InChI is InChI=1S/C20H20FN3O3/c1-26-18-7-6-14(10-19(18)27-2)8-9-23-20(25)15(12-22)13-24-17-5-3-4-16(21)11-17/h3-7,10-11,13,24H,8-9H2,1-2H3,(H,23,25)/b15-13-. The Morgan fingerprint density at radius 2 is 1.96 bits per heavy atom. The third kappa shape index (κ3) is 5.75. The summed E-state index contributed by atoms with van der Waals surface area (Å²) in [6.07, 6.45) is 1.81. The molecule has 0 radical (unpaired) electrons. The second-order valence-corrected chi connectivity index (χ2v) is 5.52. The number of amides is 1. The van der Waals surface area contributed by atoms with Gasteiger partial charge in [0, 0.05) is 18.4 Å². The molecule has 2 aromatic carbocycles. The molecule has 0 saturated carbocycles. The van der Waals surface area contributed by atoms with Gasteiger partial charge in [0.2, 0.25) is 0 Å². The molecule has 27 heavy (non-hydrogen) atoms. The molecule has 0 bridgehead atoms. The van der Waals surface area contributed by atoms with Gasteiger partial charge in [-0.2, -0.15) is 5.26 Å². The van der Waals surface area contributed by atoms with Crippen molar-refractivity contribution in [3.05, 3.63) is 65.6 Å². The first-order chi connectivity index (χ1) is 13.1. The number of methoxy groups -OCH3 is 2. The number of ether oxygens (including phenoxy) is 2. The van der Waals surface area contributed by atoms with Crippen LogP contribution >= 0.6 is 0 Å². The fourth-order valence-corrected chi connectivity index (χ4v) is 2.33. The first kappa shape index (κ1) is 19.8. The zero-order chi connectivity index (χ0) is 19.6. The SMILES string of the molecule is COc1ccc(CCNC(=O)/C(C#N)=C\Nc2cccc(F)c2)cc1OC. The van der Waals surface area contributed by atoms with E-state index in [-0.39, 0.29) is 5.57 Å². The Bertz CT molecular complexity index is 875. The molecule has 1 amide bonds. The molecule has 0 unspecified atom stereocenters.